The molecule has 0 saturated carbocycles. The molecule has 0 saturated heterocycles. The van der Waals surface area contributed by atoms with Gasteiger partial charge in [0.15, 0.2) is 6.61 Å². The summed E-state index contributed by atoms with van der Waals surface area (Å²) < 4.78 is 18.3. The predicted octanol–water partition coefficient (Wildman–Crippen LogP) is 3.63. The highest BCUT2D eigenvalue weighted by molar-refractivity contribution is 6.36. The lowest BCUT2D eigenvalue weighted by molar-refractivity contribution is -0.119. The molecule has 0 aliphatic rings. The molecule has 9 heteroatoms. The van der Waals surface area contributed by atoms with Crippen molar-refractivity contribution in [3.05, 3.63) is 63.4 Å². The van der Waals surface area contributed by atoms with E-state index in [0.29, 0.717) is 11.3 Å². The zero-order valence-electron chi connectivity index (χ0n) is 14.4. The van der Waals surface area contributed by atoms with Crippen LogP contribution in [0.4, 0.5) is 10.1 Å². The van der Waals surface area contributed by atoms with Gasteiger partial charge in [-0.2, -0.15) is 0 Å². The van der Waals surface area contributed by atoms with Gasteiger partial charge in [0.2, 0.25) is 0 Å². The van der Waals surface area contributed by atoms with Gasteiger partial charge in [-0.3, -0.25) is 9.59 Å². The van der Waals surface area contributed by atoms with Crippen molar-refractivity contribution in [1.29, 1.82) is 0 Å². The maximum absolute atomic E-state index is 13.4. The number of carbonyl (C=O) groups excluding carboxylic acids is 3. The van der Waals surface area contributed by atoms with Crippen LogP contribution in [0.2, 0.25) is 10.0 Å². The van der Waals surface area contributed by atoms with Gasteiger partial charge < -0.3 is 15.0 Å². The number of hydrogen-bond donors (Lipinski definition) is 1. The van der Waals surface area contributed by atoms with Crippen LogP contribution in [0.5, 0.6) is 0 Å². The first kappa shape index (κ1) is 20.7. The highest BCUT2D eigenvalue weighted by atomic mass is 35.5. The van der Waals surface area contributed by atoms with Crippen molar-refractivity contribution < 1.29 is 23.5 Å². The van der Waals surface area contributed by atoms with Crippen LogP contribution < -0.4 is 5.32 Å². The number of ether oxygens (including phenoxy) is 1. The third-order valence-corrected chi connectivity index (χ3v) is 3.99. The van der Waals surface area contributed by atoms with Crippen LogP contribution in [-0.2, 0) is 9.53 Å². The van der Waals surface area contributed by atoms with Gasteiger partial charge in [-0.1, -0.05) is 23.2 Å². The minimum Gasteiger partial charge on any atom is -0.452 e. The summed E-state index contributed by atoms with van der Waals surface area (Å²) in [5.41, 5.74) is 0.642. The van der Waals surface area contributed by atoms with Crippen molar-refractivity contribution in [3.63, 3.8) is 0 Å². The van der Waals surface area contributed by atoms with E-state index in [4.69, 9.17) is 27.9 Å². The zero-order valence-corrected chi connectivity index (χ0v) is 15.9. The van der Waals surface area contributed by atoms with Crippen molar-refractivity contribution in [2.24, 2.45) is 0 Å². The summed E-state index contributed by atoms with van der Waals surface area (Å²) in [5, 5.41) is 2.19. The molecule has 0 unspecified atom stereocenters. The molecule has 1 N–H and O–H groups in total. The third kappa shape index (κ3) is 5.42. The Balaban J connectivity index is 1.93. The van der Waals surface area contributed by atoms with E-state index in [0.717, 1.165) is 12.1 Å². The minimum atomic E-state index is -0.961. The largest absolute Gasteiger partial charge is 0.452 e. The molecule has 0 aliphatic heterocycles. The summed E-state index contributed by atoms with van der Waals surface area (Å²) in [6.07, 6.45) is 0. The number of halogens is 3. The van der Waals surface area contributed by atoms with E-state index in [2.05, 4.69) is 5.32 Å². The molecule has 0 spiro atoms. The SMILES string of the molecule is CN(C)C(=O)c1ccc(NC(=O)COC(=O)c2cc(F)c(Cl)cc2Cl)cc1. The number of esters is 1. The minimum absolute atomic E-state index is 0.0899. The second-order valence-corrected chi connectivity index (χ2v) is 6.46. The number of carbonyl (C=O) groups is 3. The molecule has 0 bridgehead atoms. The Morgan fingerprint density at radius 3 is 2.30 bits per heavy atom. The smallest absolute Gasteiger partial charge is 0.340 e. The molecule has 0 aliphatic carbocycles. The zero-order chi connectivity index (χ0) is 20.1. The molecule has 27 heavy (non-hydrogen) atoms. The molecule has 0 fully saturated rings. The molecule has 0 heterocycles. The quantitative estimate of drug-likeness (QED) is 0.600. The maximum atomic E-state index is 13.4. The first-order valence-corrected chi connectivity index (χ1v) is 8.38. The molecule has 2 amide bonds. The highest BCUT2D eigenvalue weighted by Gasteiger charge is 2.17. The number of hydrogen-bond acceptors (Lipinski definition) is 4. The Bertz CT molecular complexity index is 886. The maximum Gasteiger partial charge on any atom is 0.340 e. The molecule has 2 rings (SSSR count). The Hall–Kier alpha value is -2.64. The van der Waals surface area contributed by atoms with Gasteiger partial charge >= 0.3 is 5.97 Å². The molecule has 0 atom stereocenters. The molecular weight excluding hydrogens is 398 g/mol. The van der Waals surface area contributed by atoms with Crippen molar-refractivity contribution in [3.8, 4) is 0 Å². The topological polar surface area (TPSA) is 75.7 Å². The van der Waals surface area contributed by atoms with E-state index in [1.54, 1.807) is 38.4 Å². The molecule has 2 aromatic carbocycles. The second kappa shape index (κ2) is 8.83. The lowest BCUT2D eigenvalue weighted by atomic mass is 10.2. The Morgan fingerprint density at radius 2 is 1.70 bits per heavy atom. The van der Waals surface area contributed by atoms with E-state index >= 15 is 0 Å². The third-order valence-electron chi connectivity index (χ3n) is 3.39. The van der Waals surface area contributed by atoms with Crippen LogP contribution in [0.1, 0.15) is 20.7 Å². The van der Waals surface area contributed by atoms with E-state index in [-0.39, 0.29) is 21.5 Å². The first-order chi connectivity index (χ1) is 12.7. The Kier molecular flexibility index (Phi) is 6.76. The number of amides is 2. The summed E-state index contributed by atoms with van der Waals surface area (Å²) >= 11 is 11.4. The van der Waals surface area contributed by atoms with Gasteiger partial charge in [0.05, 0.1) is 15.6 Å². The van der Waals surface area contributed by atoms with Crippen LogP contribution in [0.25, 0.3) is 0 Å². The Labute approximate surface area is 164 Å². The van der Waals surface area contributed by atoms with Crippen molar-refractivity contribution in [1.82, 2.24) is 4.90 Å². The van der Waals surface area contributed by atoms with Crippen LogP contribution in [0.15, 0.2) is 36.4 Å². The average Bonchev–Trinajstić information content (AvgIpc) is 2.62. The van der Waals surface area contributed by atoms with Crippen molar-refractivity contribution >= 4 is 46.7 Å². The van der Waals surface area contributed by atoms with E-state index in [1.165, 1.54) is 4.90 Å². The fraction of sp³-hybridized carbons (Fsp3) is 0.167. The van der Waals surface area contributed by atoms with E-state index in [9.17, 15) is 18.8 Å². The van der Waals surface area contributed by atoms with Crippen LogP contribution >= 0.6 is 23.2 Å². The number of rotatable bonds is 5. The normalized spacial score (nSPS) is 10.3. The van der Waals surface area contributed by atoms with Gasteiger partial charge in [-0.15, -0.1) is 0 Å². The second-order valence-electron chi connectivity index (χ2n) is 5.65. The van der Waals surface area contributed by atoms with Gasteiger partial charge in [-0.05, 0) is 36.4 Å². The van der Waals surface area contributed by atoms with Crippen LogP contribution in [0.3, 0.4) is 0 Å². The summed E-state index contributed by atoms with van der Waals surface area (Å²) in [4.78, 5) is 37.0. The van der Waals surface area contributed by atoms with E-state index < -0.39 is 24.3 Å². The number of nitrogens with one attached hydrogen (secondary N) is 1. The summed E-state index contributed by atoms with van der Waals surface area (Å²) in [6, 6.07) is 8.11. The van der Waals surface area contributed by atoms with Gasteiger partial charge in [-0.25, -0.2) is 9.18 Å². The monoisotopic (exact) mass is 412 g/mol. The van der Waals surface area contributed by atoms with Gasteiger partial charge in [0.25, 0.3) is 11.8 Å². The lowest BCUT2D eigenvalue weighted by Gasteiger charge is -2.11. The number of benzene rings is 2. The first-order valence-electron chi connectivity index (χ1n) is 7.62. The fourth-order valence-electron chi connectivity index (χ4n) is 2.04. The predicted molar refractivity (Wildman–Crippen MR) is 99.8 cm³/mol. The summed E-state index contributed by atoms with van der Waals surface area (Å²) in [7, 11) is 3.26. The van der Waals surface area contributed by atoms with Crippen LogP contribution in [-0.4, -0.2) is 43.4 Å². The van der Waals surface area contributed by atoms with Gasteiger partial charge in [0.1, 0.15) is 5.82 Å². The molecule has 6 nitrogen and oxygen atoms in total. The van der Waals surface area contributed by atoms with Crippen LogP contribution in [0, 0.1) is 5.82 Å². The molecule has 0 aromatic heterocycles. The van der Waals surface area contributed by atoms with Crippen molar-refractivity contribution in [2.45, 2.75) is 0 Å². The van der Waals surface area contributed by atoms with Gasteiger partial charge in [0, 0.05) is 25.3 Å². The summed E-state index contributed by atoms with van der Waals surface area (Å²) in [5.74, 6) is -2.57. The number of anilines is 1. The number of nitrogens with zero attached hydrogens (tertiary/aromatic N) is 1. The molecule has 2 aromatic rings. The molecular formula is C18H15Cl2FN2O4. The lowest BCUT2D eigenvalue weighted by Crippen LogP contribution is -2.22. The fourth-order valence-corrected chi connectivity index (χ4v) is 2.50. The van der Waals surface area contributed by atoms with Crippen molar-refractivity contribution in [2.75, 3.05) is 26.0 Å². The molecule has 142 valence electrons. The van der Waals surface area contributed by atoms with E-state index in [1.807, 2.05) is 0 Å². The standard InChI is InChI=1S/C18H15Cl2FN2O4/c1-23(2)17(25)10-3-5-11(6-4-10)22-16(24)9-27-18(26)12-7-15(21)14(20)8-13(12)19/h3-8H,9H2,1-2H3,(H,22,24). The average molecular weight is 413 g/mol. The summed E-state index contributed by atoms with van der Waals surface area (Å²) in [6.45, 7) is -0.599. The Morgan fingerprint density at radius 1 is 1.07 bits per heavy atom. The molecule has 0 radical (unpaired) electrons. The highest BCUT2D eigenvalue weighted by Crippen LogP contribution is 2.24.